The van der Waals surface area contributed by atoms with Gasteiger partial charge in [-0.3, -0.25) is 0 Å². The molecule has 0 unspecified atom stereocenters. The van der Waals surface area contributed by atoms with E-state index in [1.54, 1.807) is 0 Å². The molecule has 0 spiro atoms. The second-order valence-corrected chi connectivity index (χ2v) is 3.30. The van der Waals surface area contributed by atoms with Crippen molar-refractivity contribution in [3.05, 3.63) is 60.7 Å². The molecule has 0 aliphatic heterocycles. The molecular formula is C13H12N4. The lowest BCUT2D eigenvalue weighted by Gasteiger charge is -1.89. The Hall–Kier alpha value is -2.36. The van der Waals surface area contributed by atoms with E-state index in [4.69, 9.17) is 0 Å². The van der Waals surface area contributed by atoms with E-state index < -0.39 is 0 Å². The van der Waals surface area contributed by atoms with Gasteiger partial charge in [-0.05, 0) is 24.3 Å². The monoisotopic (exact) mass is 224 g/mol. The summed E-state index contributed by atoms with van der Waals surface area (Å²) in [6.07, 6.45) is 0. The summed E-state index contributed by atoms with van der Waals surface area (Å²) >= 11 is 0. The standard InChI is InChI=1S/C13H12N4/c1-3-7-12(8-4-1)16-14-11-15-17-13-9-5-2-6-10-13/h1-10H,11H2. The minimum Gasteiger partial charge on any atom is -0.163 e. The third-order valence-corrected chi connectivity index (χ3v) is 2.01. The van der Waals surface area contributed by atoms with Crippen molar-refractivity contribution in [2.24, 2.45) is 20.5 Å². The first-order chi connectivity index (χ1) is 8.45. The zero-order valence-electron chi connectivity index (χ0n) is 9.27. The Morgan fingerprint density at radius 3 is 1.41 bits per heavy atom. The molecule has 0 amide bonds. The van der Waals surface area contributed by atoms with Crippen molar-refractivity contribution in [1.82, 2.24) is 0 Å². The van der Waals surface area contributed by atoms with Crippen molar-refractivity contribution in [3.63, 3.8) is 0 Å². The van der Waals surface area contributed by atoms with Crippen LogP contribution in [0.5, 0.6) is 0 Å². The van der Waals surface area contributed by atoms with E-state index in [-0.39, 0.29) is 6.67 Å². The van der Waals surface area contributed by atoms with Gasteiger partial charge in [0, 0.05) is 0 Å². The predicted molar refractivity (Wildman–Crippen MR) is 66.8 cm³/mol. The van der Waals surface area contributed by atoms with Crippen molar-refractivity contribution in [2.75, 3.05) is 6.67 Å². The first kappa shape index (κ1) is 11.1. The van der Waals surface area contributed by atoms with Crippen LogP contribution in [0.2, 0.25) is 0 Å². The number of hydrogen-bond donors (Lipinski definition) is 0. The van der Waals surface area contributed by atoms with Crippen LogP contribution >= 0.6 is 0 Å². The molecule has 0 heterocycles. The Morgan fingerprint density at radius 2 is 1.00 bits per heavy atom. The highest BCUT2D eigenvalue weighted by atomic mass is 15.2. The van der Waals surface area contributed by atoms with E-state index in [1.807, 2.05) is 60.7 Å². The Labute approximate surface area is 99.7 Å². The fraction of sp³-hybridized carbons (Fsp3) is 0.0769. The summed E-state index contributed by atoms with van der Waals surface area (Å²) in [6.45, 7) is 0.240. The molecule has 0 aliphatic rings. The molecule has 0 aliphatic carbocycles. The fourth-order valence-corrected chi connectivity index (χ4v) is 1.24. The Bertz CT molecular complexity index is 444. The average Bonchev–Trinajstić information content (AvgIpc) is 2.41. The summed E-state index contributed by atoms with van der Waals surface area (Å²) in [5.74, 6) is 0. The van der Waals surface area contributed by atoms with E-state index in [2.05, 4.69) is 20.5 Å². The molecule has 0 bridgehead atoms. The SMILES string of the molecule is c1ccc(N=NCN=Nc2ccccc2)cc1. The Balaban J connectivity index is 1.84. The molecule has 0 N–H and O–H groups in total. The van der Waals surface area contributed by atoms with E-state index in [9.17, 15) is 0 Å². The first-order valence-electron chi connectivity index (χ1n) is 5.30. The Morgan fingerprint density at radius 1 is 0.588 bits per heavy atom. The summed E-state index contributed by atoms with van der Waals surface area (Å²) in [7, 11) is 0. The van der Waals surface area contributed by atoms with Crippen molar-refractivity contribution < 1.29 is 0 Å². The minimum atomic E-state index is 0.240. The molecule has 4 heteroatoms. The third-order valence-electron chi connectivity index (χ3n) is 2.01. The predicted octanol–water partition coefficient (Wildman–Crippen LogP) is 4.51. The van der Waals surface area contributed by atoms with Gasteiger partial charge in [-0.2, -0.15) is 20.5 Å². The highest BCUT2D eigenvalue weighted by Crippen LogP contribution is 2.11. The van der Waals surface area contributed by atoms with E-state index in [0.29, 0.717) is 0 Å². The molecule has 0 aromatic heterocycles. The van der Waals surface area contributed by atoms with E-state index in [0.717, 1.165) is 11.4 Å². The molecular weight excluding hydrogens is 212 g/mol. The number of benzene rings is 2. The maximum atomic E-state index is 4.01. The van der Waals surface area contributed by atoms with Gasteiger partial charge in [0.15, 0.2) is 6.67 Å². The van der Waals surface area contributed by atoms with Gasteiger partial charge in [0.25, 0.3) is 0 Å². The van der Waals surface area contributed by atoms with Crippen LogP contribution in [-0.4, -0.2) is 6.67 Å². The number of hydrogen-bond acceptors (Lipinski definition) is 4. The van der Waals surface area contributed by atoms with Gasteiger partial charge in [0.2, 0.25) is 0 Å². The molecule has 4 nitrogen and oxygen atoms in total. The molecule has 84 valence electrons. The van der Waals surface area contributed by atoms with Gasteiger partial charge < -0.3 is 0 Å². The molecule has 2 aromatic rings. The smallest absolute Gasteiger partial charge is 0.163 e. The third kappa shape index (κ3) is 3.95. The van der Waals surface area contributed by atoms with Gasteiger partial charge in [0.05, 0.1) is 11.4 Å². The van der Waals surface area contributed by atoms with Gasteiger partial charge in [0.1, 0.15) is 0 Å². The molecule has 0 saturated carbocycles. The second-order valence-electron chi connectivity index (χ2n) is 3.30. The van der Waals surface area contributed by atoms with Crippen LogP contribution < -0.4 is 0 Å². The average molecular weight is 224 g/mol. The quantitative estimate of drug-likeness (QED) is 0.686. The van der Waals surface area contributed by atoms with Crippen LogP contribution in [0.25, 0.3) is 0 Å². The molecule has 17 heavy (non-hydrogen) atoms. The van der Waals surface area contributed by atoms with Crippen LogP contribution in [0.1, 0.15) is 0 Å². The second kappa shape index (κ2) is 6.27. The summed E-state index contributed by atoms with van der Waals surface area (Å²) in [5.41, 5.74) is 1.64. The van der Waals surface area contributed by atoms with Crippen molar-refractivity contribution in [1.29, 1.82) is 0 Å². The van der Waals surface area contributed by atoms with Gasteiger partial charge in [-0.15, -0.1) is 0 Å². The summed E-state index contributed by atoms with van der Waals surface area (Å²) < 4.78 is 0. The maximum absolute atomic E-state index is 4.01. The minimum absolute atomic E-state index is 0.240. The maximum Gasteiger partial charge on any atom is 0.171 e. The van der Waals surface area contributed by atoms with Gasteiger partial charge in [-0.25, -0.2) is 0 Å². The molecule has 0 fully saturated rings. The lowest BCUT2D eigenvalue weighted by molar-refractivity contribution is 0.904. The van der Waals surface area contributed by atoms with E-state index in [1.165, 1.54) is 0 Å². The first-order valence-corrected chi connectivity index (χ1v) is 5.30. The highest BCUT2D eigenvalue weighted by molar-refractivity contribution is 5.35. The van der Waals surface area contributed by atoms with E-state index >= 15 is 0 Å². The van der Waals surface area contributed by atoms with Crippen LogP contribution in [0.4, 0.5) is 11.4 Å². The zero-order chi connectivity index (χ0) is 11.8. The topological polar surface area (TPSA) is 49.4 Å². The Kier molecular flexibility index (Phi) is 4.11. The largest absolute Gasteiger partial charge is 0.171 e. The normalized spacial score (nSPS) is 11.3. The van der Waals surface area contributed by atoms with Crippen LogP contribution in [-0.2, 0) is 0 Å². The summed E-state index contributed by atoms with van der Waals surface area (Å²) in [4.78, 5) is 0. The highest BCUT2D eigenvalue weighted by Gasteiger charge is 1.85. The lowest BCUT2D eigenvalue weighted by Crippen LogP contribution is -1.69. The van der Waals surface area contributed by atoms with Crippen molar-refractivity contribution >= 4 is 11.4 Å². The zero-order valence-corrected chi connectivity index (χ0v) is 9.27. The molecule has 2 aromatic carbocycles. The molecule has 0 atom stereocenters. The molecule has 2 rings (SSSR count). The van der Waals surface area contributed by atoms with Crippen molar-refractivity contribution in [3.8, 4) is 0 Å². The lowest BCUT2D eigenvalue weighted by atomic mass is 10.3. The van der Waals surface area contributed by atoms with Gasteiger partial charge in [-0.1, -0.05) is 36.4 Å². The fourth-order valence-electron chi connectivity index (χ4n) is 1.24. The molecule has 0 radical (unpaired) electrons. The summed E-state index contributed by atoms with van der Waals surface area (Å²) in [6, 6.07) is 19.1. The van der Waals surface area contributed by atoms with Crippen LogP contribution in [0.15, 0.2) is 81.1 Å². The molecule has 0 saturated heterocycles. The van der Waals surface area contributed by atoms with Gasteiger partial charge >= 0.3 is 0 Å². The van der Waals surface area contributed by atoms with Crippen LogP contribution in [0.3, 0.4) is 0 Å². The van der Waals surface area contributed by atoms with Crippen molar-refractivity contribution in [2.45, 2.75) is 0 Å². The number of rotatable bonds is 4. The number of nitrogens with zero attached hydrogens (tertiary/aromatic N) is 4. The van der Waals surface area contributed by atoms with Crippen LogP contribution in [0, 0.1) is 0 Å². The number of azo groups is 2. The summed E-state index contributed by atoms with van der Waals surface area (Å²) in [5, 5.41) is 15.9.